The zero-order chi connectivity index (χ0) is 18.0. The lowest BCUT2D eigenvalue weighted by atomic mass is 9.92. The van der Waals surface area contributed by atoms with Crippen molar-refractivity contribution in [3.8, 4) is 0 Å². The van der Waals surface area contributed by atoms with Crippen LogP contribution in [0.4, 0.5) is 4.79 Å². The van der Waals surface area contributed by atoms with Crippen LogP contribution in [0.2, 0.25) is 0 Å². The van der Waals surface area contributed by atoms with Crippen LogP contribution in [0, 0.1) is 0 Å². The Morgan fingerprint density at radius 2 is 1.84 bits per heavy atom. The molecule has 0 bridgehead atoms. The number of nitrogens with two attached hydrogens (primary N) is 1. The van der Waals surface area contributed by atoms with Crippen LogP contribution >= 0.6 is 0 Å². The molecule has 3 N–H and O–H groups in total. The topological polar surface area (TPSA) is 64.3 Å². The molecule has 0 aromatic heterocycles. The summed E-state index contributed by atoms with van der Waals surface area (Å²) in [6.45, 7) is 6.00. The molecule has 0 saturated heterocycles. The predicted molar refractivity (Wildman–Crippen MR) is 99.3 cm³/mol. The maximum atomic E-state index is 11.7. The fraction of sp³-hybridized carbons (Fsp3) is 0.381. The van der Waals surface area contributed by atoms with Crippen LogP contribution in [-0.2, 0) is 17.7 Å². The molecule has 25 heavy (non-hydrogen) atoms. The molecule has 0 unspecified atom stereocenters. The molecule has 132 valence electrons. The third-order valence-electron chi connectivity index (χ3n) is 4.53. The van der Waals surface area contributed by atoms with Gasteiger partial charge in [-0.05, 0) is 49.4 Å². The summed E-state index contributed by atoms with van der Waals surface area (Å²) in [5.74, 6) is 0.310. The molecular weight excluding hydrogens is 312 g/mol. The highest BCUT2D eigenvalue weighted by atomic mass is 16.6. The highest BCUT2D eigenvalue weighted by molar-refractivity contribution is 5.67. The Hall–Kier alpha value is -2.33. The summed E-state index contributed by atoms with van der Waals surface area (Å²) in [5, 5.41) is 2.78. The van der Waals surface area contributed by atoms with E-state index < -0.39 is 11.7 Å². The van der Waals surface area contributed by atoms with Gasteiger partial charge >= 0.3 is 6.09 Å². The minimum atomic E-state index is -0.485. The average molecular weight is 338 g/mol. The van der Waals surface area contributed by atoms with Crippen molar-refractivity contribution in [1.29, 1.82) is 0 Å². The van der Waals surface area contributed by atoms with Crippen molar-refractivity contribution in [1.82, 2.24) is 5.32 Å². The van der Waals surface area contributed by atoms with Gasteiger partial charge in [-0.2, -0.15) is 0 Å². The van der Waals surface area contributed by atoms with Gasteiger partial charge in [0.05, 0.1) is 0 Å². The van der Waals surface area contributed by atoms with Gasteiger partial charge in [-0.25, -0.2) is 4.79 Å². The van der Waals surface area contributed by atoms with Crippen LogP contribution in [0.3, 0.4) is 0 Å². The first kappa shape index (κ1) is 17.5. The quantitative estimate of drug-likeness (QED) is 0.887. The third kappa shape index (κ3) is 4.20. The molecular formula is C21H26N2O2. The third-order valence-corrected chi connectivity index (χ3v) is 4.53. The Kier molecular flexibility index (Phi) is 4.82. The molecule has 0 fully saturated rings. The van der Waals surface area contributed by atoms with E-state index in [2.05, 4.69) is 35.6 Å². The molecule has 3 rings (SSSR count). The summed E-state index contributed by atoms with van der Waals surface area (Å²) in [6, 6.07) is 16.8. The molecule has 4 nitrogen and oxygen atoms in total. The van der Waals surface area contributed by atoms with Crippen LogP contribution in [0.15, 0.2) is 48.5 Å². The number of carbonyl (C=O) groups excluding carboxylic acids is 1. The fourth-order valence-corrected chi connectivity index (χ4v) is 3.32. The summed E-state index contributed by atoms with van der Waals surface area (Å²) < 4.78 is 5.25. The number of ether oxygens (including phenoxy) is 1. The van der Waals surface area contributed by atoms with Crippen molar-refractivity contribution in [2.24, 2.45) is 5.73 Å². The second-order valence-corrected chi connectivity index (χ2v) is 7.63. The Balaban J connectivity index is 1.61. The highest BCUT2D eigenvalue weighted by Gasteiger charge is 2.30. The van der Waals surface area contributed by atoms with E-state index in [-0.39, 0.29) is 6.04 Å². The zero-order valence-electron chi connectivity index (χ0n) is 15.1. The van der Waals surface area contributed by atoms with Crippen LogP contribution in [0.25, 0.3) is 0 Å². The van der Waals surface area contributed by atoms with Crippen LogP contribution in [-0.4, -0.2) is 11.7 Å². The first-order valence-corrected chi connectivity index (χ1v) is 8.72. The number of alkyl carbamates (subject to hydrolysis) is 1. The first-order valence-electron chi connectivity index (χ1n) is 8.72. The molecule has 0 radical (unpaired) electrons. The Labute approximate surface area is 149 Å². The number of benzene rings is 2. The van der Waals surface area contributed by atoms with Crippen molar-refractivity contribution in [2.45, 2.75) is 51.3 Å². The summed E-state index contributed by atoms with van der Waals surface area (Å²) in [7, 11) is 0. The molecule has 0 spiro atoms. The van der Waals surface area contributed by atoms with Gasteiger partial charge in [-0.3, -0.25) is 0 Å². The smallest absolute Gasteiger partial charge is 0.407 e. The molecule has 1 aliphatic rings. The molecule has 0 aliphatic heterocycles. The number of rotatable bonds is 3. The van der Waals surface area contributed by atoms with E-state index in [1.165, 1.54) is 16.7 Å². The van der Waals surface area contributed by atoms with Gasteiger partial charge in [-0.15, -0.1) is 0 Å². The zero-order valence-corrected chi connectivity index (χ0v) is 15.1. The van der Waals surface area contributed by atoms with E-state index >= 15 is 0 Å². The Bertz CT molecular complexity index is 747. The van der Waals surface area contributed by atoms with Crippen LogP contribution < -0.4 is 11.1 Å². The van der Waals surface area contributed by atoms with Gasteiger partial charge in [0.2, 0.25) is 0 Å². The van der Waals surface area contributed by atoms with E-state index in [0.29, 0.717) is 12.5 Å². The second kappa shape index (κ2) is 6.89. The van der Waals surface area contributed by atoms with Crippen LogP contribution in [0.1, 0.15) is 55.0 Å². The van der Waals surface area contributed by atoms with Gasteiger partial charge in [0.15, 0.2) is 0 Å². The molecule has 1 amide bonds. The minimum absolute atomic E-state index is 0.0435. The second-order valence-electron chi connectivity index (χ2n) is 7.63. The van der Waals surface area contributed by atoms with Gasteiger partial charge in [-0.1, -0.05) is 48.5 Å². The molecule has 4 heteroatoms. The molecule has 0 heterocycles. The van der Waals surface area contributed by atoms with Crippen LogP contribution in [0.5, 0.6) is 0 Å². The van der Waals surface area contributed by atoms with Gasteiger partial charge in [0, 0.05) is 18.5 Å². The number of carbonyl (C=O) groups is 1. The highest BCUT2D eigenvalue weighted by Crippen LogP contribution is 2.40. The van der Waals surface area contributed by atoms with E-state index in [1.54, 1.807) is 0 Å². The van der Waals surface area contributed by atoms with Gasteiger partial charge in [0.25, 0.3) is 0 Å². The van der Waals surface area contributed by atoms with Crippen molar-refractivity contribution < 1.29 is 9.53 Å². The lowest BCUT2D eigenvalue weighted by Gasteiger charge is -2.20. The minimum Gasteiger partial charge on any atom is -0.444 e. The lowest BCUT2D eigenvalue weighted by molar-refractivity contribution is 0.0523. The SMILES string of the molecule is CC(C)(C)OC(=O)NCc1ccc([C@@H]2Cc3ccccc3[C@H]2N)cc1. The summed E-state index contributed by atoms with van der Waals surface area (Å²) >= 11 is 0. The van der Waals surface area contributed by atoms with Crippen molar-refractivity contribution >= 4 is 6.09 Å². The van der Waals surface area contributed by atoms with E-state index in [1.807, 2.05) is 39.0 Å². The van der Waals surface area contributed by atoms with Crippen molar-refractivity contribution in [3.05, 3.63) is 70.8 Å². The number of hydrogen-bond acceptors (Lipinski definition) is 3. The van der Waals surface area contributed by atoms with E-state index in [9.17, 15) is 4.79 Å². The standard InChI is InChI=1S/C21H26N2O2/c1-21(2,3)25-20(24)23-13-14-8-10-15(11-9-14)18-12-16-6-4-5-7-17(16)19(18)22/h4-11,18-19H,12-13,22H2,1-3H3,(H,23,24)/t18-,19+/m0/s1. The summed E-state index contributed by atoms with van der Waals surface area (Å²) in [4.78, 5) is 11.7. The Morgan fingerprint density at radius 3 is 2.48 bits per heavy atom. The summed E-state index contributed by atoms with van der Waals surface area (Å²) in [6.07, 6.45) is 0.581. The Morgan fingerprint density at radius 1 is 1.16 bits per heavy atom. The number of hydrogen-bond donors (Lipinski definition) is 2. The maximum Gasteiger partial charge on any atom is 0.407 e. The number of amides is 1. The first-order chi connectivity index (χ1) is 11.8. The molecule has 2 aromatic carbocycles. The maximum absolute atomic E-state index is 11.7. The fourth-order valence-electron chi connectivity index (χ4n) is 3.32. The normalized spacial score (nSPS) is 19.4. The molecule has 1 aliphatic carbocycles. The molecule has 0 saturated carbocycles. The largest absolute Gasteiger partial charge is 0.444 e. The number of fused-ring (bicyclic) bond motifs is 1. The number of nitrogens with one attached hydrogen (secondary N) is 1. The predicted octanol–water partition coefficient (Wildman–Crippen LogP) is 4.05. The van der Waals surface area contributed by atoms with Gasteiger partial charge < -0.3 is 15.8 Å². The van der Waals surface area contributed by atoms with E-state index in [0.717, 1.165) is 12.0 Å². The van der Waals surface area contributed by atoms with Crippen molar-refractivity contribution in [3.63, 3.8) is 0 Å². The monoisotopic (exact) mass is 338 g/mol. The van der Waals surface area contributed by atoms with E-state index in [4.69, 9.17) is 10.5 Å². The van der Waals surface area contributed by atoms with Crippen molar-refractivity contribution in [2.75, 3.05) is 0 Å². The van der Waals surface area contributed by atoms with Gasteiger partial charge in [0.1, 0.15) is 5.60 Å². The molecule has 2 atom stereocenters. The molecule has 2 aromatic rings. The lowest BCUT2D eigenvalue weighted by Crippen LogP contribution is -2.32. The summed E-state index contributed by atoms with van der Waals surface area (Å²) in [5.41, 5.74) is 10.8. The average Bonchev–Trinajstić information content (AvgIpc) is 2.89.